The Kier molecular flexibility index (Phi) is 4.34. The minimum atomic E-state index is -0.248. The summed E-state index contributed by atoms with van der Waals surface area (Å²) in [4.78, 5) is 16.5. The van der Waals surface area contributed by atoms with Crippen molar-refractivity contribution in [3.63, 3.8) is 0 Å². The van der Waals surface area contributed by atoms with Crippen molar-refractivity contribution in [1.82, 2.24) is 4.98 Å². The summed E-state index contributed by atoms with van der Waals surface area (Å²) in [6.07, 6.45) is 7.55. The molecule has 0 atom stereocenters. The van der Waals surface area contributed by atoms with E-state index in [0.29, 0.717) is 5.56 Å². The topological polar surface area (TPSA) is 39.2 Å². The van der Waals surface area contributed by atoms with Gasteiger partial charge in [-0.25, -0.2) is 4.79 Å². The van der Waals surface area contributed by atoms with Gasteiger partial charge in [0.15, 0.2) is 0 Å². The number of unbranched alkanes of at least 4 members (excludes halogenated alkanes) is 1. The molecule has 3 nitrogen and oxygen atoms in total. The third-order valence-corrected chi connectivity index (χ3v) is 3.55. The fourth-order valence-electron chi connectivity index (χ4n) is 2.50. The fraction of sp³-hybridized carbons (Fsp3) is 0.600. The van der Waals surface area contributed by atoms with Crippen LogP contribution in [0.15, 0.2) is 6.07 Å². The van der Waals surface area contributed by atoms with Crippen molar-refractivity contribution in [2.45, 2.75) is 51.9 Å². The number of aryl methyl sites for hydroxylation is 3. The van der Waals surface area contributed by atoms with E-state index in [1.54, 1.807) is 0 Å². The molecule has 1 heterocycles. The molecule has 0 unspecified atom stereocenters. The van der Waals surface area contributed by atoms with E-state index < -0.39 is 0 Å². The first-order valence-corrected chi connectivity index (χ1v) is 6.86. The highest BCUT2D eigenvalue weighted by molar-refractivity contribution is 5.90. The monoisotopic (exact) mass is 247 g/mol. The molecule has 0 saturated carbocycles. The summed E-state index contributed by atoms with van der Waals surface area (Å²) >= 11 is 0. The maximum Gasteiger partial charge on any atom is 0.339 e. The van der Waals surface area contributed by atoms with E-state index in [2.05, 4.69) is 6.92 Å². The Balaban J connectivity index is 2.37. The molecule has 0 aromatic carbocycles. The highest BCUT2D eigenvalue weighted by Gasteiger charge is 2.19. The van der Waals surface area contributed by atoms with E-state index in [9.17, 15) is 4.79 Å². The van der Waals surface area contributed by atoms with Gasteiger partial charge >= 0.3 is 5.97 Å². The molecule has 0 bridgehead atoms. The number of carbonyl (C=O) groups excluding carboxylic acids is 1. The molecule has 0 fully saturated rings. The third-order valence-electron chi connectivity index (χ3n) is 3.55. The van der Waals surface area contributed by atoms with E-state index in [4.69, 9.17) is 9.72 Å². The molecule has 98 valence electrons. The van der Waals surface area contributed by atoms with Gasteiger partial charge in [0.2, 0.25) is 0 Å². The Morgan fingerprint density at radius 3 is 2.89 bits per heavy atom. The smallest absolute Gasteiger partial charge is 0.339 e. The lowest BCUT2D eigenvalue weighted by molar-refractivity contribution is 0.0598. The van der Waals surface area contributed by atoms with Crippen molar-refractivity contribution in [1.29, 1.82) is 0 Å². The van der Waals surface area contributed by atoms with E-state index in [-0.39, 0.29) is 5.97 Å². The average Bonchev–Trinajstić information content (AvgIpc) is 2.43. The Labute approximate surface area is 109 Å². The number of rotatable bonds is 4. The lowest BCUT2D eigenvalue weighted by atomic mass is 9.93. The summed E-state index contributed by atoms with van der Waals surface area (Å²) in [5.74, 6) is -0.248. The van der Waals surface area contributed by atoms with E-state index in [1.165, 1.54) is 31.2 Å². The zero-order valence-corrected chi connectivity index (χ0v) is 11.3. The first kappa shape index (κ1) is 13.1. The van der Waals surface area contributed by atoms with Crippen LogP contribution in [0.25, 0.3) is 0 Å². The van der Waals surface area contributed by atoms with Gasteiger partial charge in [0, 0.05) is 5.69 Å². The highest BCUT2D eigenvalue weighted by Crippen LogP contribution is 2.23. The summed E-state index contributed by atoms with van der Waals surface area (Å²) in [5.41, 5.74) is 4.03. The zero-order valence-electron chi connectivity index (χ0n) is 11.3. The number of aromatic nitrogens is 1. The Bertz CT molecular complexity index is 440. The number of esters is 1. The number of ether oxygens (including phenoxy) is 1. The van der Waals surface area contributed by atoms with Gasteiger partial charge < -0.3 is 4.74 Å². The van der Waals surface area contributed by atoms with Gasteiger partial charge in [0.25, 0.3) is 0 Å². The van der Waals surface area contributed by atoms with Gasteiger partial charge in [-0.15, -0.1) is 0 Å². The van der Waals surface area contributed by atoms with Crippen LogP contribution in [0.1, 0.15) is 59.9 Å². The van der Waals surface area contributed by atoms with Crippen LogP contribution >= 0.6 is 0 Å². The molecule has 0 spiro atoms. The number of nitrogens with zero attached hydrogens (tertiary/aromatic N) is 1. The molecular formula is C15H21NO2. The first-order chi connectivity index (χ1) is 8.76. The average molecular weight is 247 g/mol. The molecule has 1 aromatic heterocycles. The third kappa shape index (κ3) is 2.71. The lowest BCUT2D eigenvalue weighted by Gasteiger charge is -2.18. The minimum Gasteiger partial charge on any atom is -0.465 e. The van der Waals surface area contributed by atoms with Crippen LogP contribution in [-0.4, -0.2) is 18.1 Å². The summed E-state index contributed by atoms with van der Waals surface area (Å²) in [5, 5.41) is 0. The number of fused-ring (bicyclic) bond motifs is 1. The minimum absolute atomic E-state index is 0.248. The maximum absolute atomic E-state index is 11.8. The number of hydrogen-bond acceptors (Lipinski definition) is 3. The van der Waals surface area contributed by atoms with Crippen molar-refractivity contribution in [3.05, 3.63) is 28.6 Å². The van der Waals surface area contributed by atoms with Gasteiger partial charge in [-0.05, 0) is 50.2 Å². The Morgan fingerprint density at radius 1 is 1.39 bits per heavy atom. The summed E-state index contributed by atoms with van der Waals surface area (Å²) in [6, 6.07) is 2.01. The van der Waals surface area contributed by atoms with Crippen molar-refractivity contribution < 1.29 is 9.53 Å². The van der Waals surface area contributed by atoms with E-state index in [0.717, 1.165) is 37.8 Å². The second kappa shape index (κ2) is 5.98. The van der Waals surface area contributed by atoms with Crippen LogP contribution in [0.2, 0.25) is 0 Å². The van der Waals surface area contributed by atoms with Gasteiger partial charge in [-0.3, -0.25) is 4.98 Å². The van der Waals surface area contributed by atoms with Crippen LogP contribution in [-0.2, 0) is 24.0 Å². The maximum atomic E-state index is 11.8. The van der Waals surface area contributed by atoms with Crippen LogP contribution in [0, 0.1) is 0 Å². The molecule has 1 aliphatic carbocycles. The zero-order chi connectivity index (χ0) is 13.0. The summed E-state index contributed by atoms with van der Waals surface area (Å²) in [6.45, 7) is 2.15. The predicted octanol–water partition coefficient (Wildman–Crippen LogP) is 3.09. The molecule has 0 saturated heterocycles. The second-order valence-corrected chi connectivity index (χ2v) is 4.89. The standard InChI is InChI=1S/C15H21NO2/c1-3-4-8-14-12(15(17)18-2)10-11-7-5-6-9-13(11)16-14/h10H,3-9H2,1-2H3. The fourth-order valence-corrected chi connectivity index (χ4v) is 2.50. The molecule has 1 aliphatic rings. The molecule has 1 aromatic rings. The Morgan fingerprint density at radius 2 is 2.17 bits per heavy atom. The van der Waals surface area contributed by atoms with Gasteiger partial charge in [0.05, 0.1) is 18.4 Å². The number of hydrogen-bond donors (Lipinski definition) is 0. The van der Waals surface area contributed by atoms with Gasteiger partial charge in [-0.1, -0.05) is 13.3 Å². The number of pyridine rings is 1. The predicted molar refractivity (Wildman–Crippen MR) is 70.8 cm³/mol. The second-order valence-electron chi connectivity index (χ2n) is 4.89. The van der Waals surface area contributed by atoms with Crippen molar-refractivity contribution in [2.75, 3.05) is 7.11 Å². The lowest BCUT2D eigenvalue weighted by Crippen LogP contribution is -2.14. The largest absolute Gasteiger partial charge is 0.465 e. The van der Waals surface area contributed by atoms with Crippen LogP contribution < -0.4 is 0 Å². The van der Waals surface area contributed by atoms with Crippen molar-refractivity contribution in [2.24, 2.45) is 0 Å². The molecule has 0 radical (unpaired) electrons. The summed E-state index contributed by atoms with van der Waals surface area (Å²) in [7, 11) is 1.44. The molecule has 18 heavy (non-hydrogen) atoms. The number of methoxy groups -OCH3 is 1. The quantitative estimate of drug-likeness (QED) is 0.767. The molecule has 0 N–H and O–H groups in total. The van der Waals surface area contributed by atoms with E-state index in [1.807, 2.05) is 6.07 Å². The van der Waals surface area contributed by atoms with E-state index >= 15 is 0 Å². The van der Waals surface area contributed by atoms with Crippen LogP contribution in [0.4, 0.5) is 0 Å². The molecule has 3 heteroatoms. The van der Waals surface area contributed by atoms with Gasteiger partial charge in [0.1, 0.15) is 0 Å². The highest BCUT2D eigenvalue weighted by atomic mass is 16.5. The molecular weight excluding hydrogens is 226 g/mol. The van der Waals surface area contributed by atoms with Crippen molar-refractivity contribution in [3.8, 4) is 0 Å². The van der Waals surface area contributed by atoms with Gasteiger partial charge in [-0.2, -0.15) is 0 Å². The normalized spacial score (nSPS) is 14.1. The molecule has 0 amide bonds. The SMILES string of the molecule is CCCCc1nc2c(cc1C(=O)OC)CCCC2. The first-order valence-electron chi connectivity index (χ1n) is 6.86. The summed E-state index contributed by atoms with van der Waals surface area (Å²) < 4.78 is 4.87. The van der Waals surface area contributed by atoms with Crippen molar-refractivity contribution >= 4 is 5.97 Å². The van der Waals surface area contributed by atoms with Crippen LogP contribution in [0.5, 0.6) is 0 Å². The molecule has 0 aliphatic heterocycles. The Hall–Kier alpha value is -1.38. The number of carbonyl (C=O) groups is 1. The molecule has 2 rings (SSSR count). The van der Waals surface area contributed by atoms with Crippen LogP contribution in [0.3, 0.4) is 0 Å².